The highest BCUT2D eigenvalue weighted by Crippen LogP contribution is 2.64. The molecule has 0 N–H and O–H groups in total. The normalized spacial score (nSPS) is 13.1. The smallest absolute Gasteiger partial charge is 0.0754 e. The van der Waals surface area contributed by atoms with E-state index in [1.54, 1.807) is 0 Å². The number of para-hydroxylation sites is 3. The molecular weight excluding hydrogens is 677 g/mol. The largest absolute Gasteiger partial charge is 0.310 e. The summed E-state index contributed by atoms with van der Waals surface area (Å²) in [5.41, 5.74) is 19.5. The lowest BCUT2D eigenvalue weighted by Crippen LogP contribution is -2.36. The zero-order valence-electron chi connectivity index (χ0n) is 30.7. The molecule has 0 unspecified atom stereocenters. The summed E-state index contributed by atoms with van der Waals surface area (Å²) in [4.78, 5) is 7.78. The molecule has 0 radical (unpaired) electrons. The van der Waals surface area contributed by atoms with E-state index < -0.39 is 5.41 Å². The summed E-state index contributed by atoms with van der Waals surface area (Å²) in [5, 5.41) is 0. The first-order chi connectivity index (χ1) is 27.8. The number of benzene rings is 8. The lowest BCUT2D eigenvalue weighted by Gasteiger charge is -2.45. The first-order valence-corrected chi connectivity index (χ1v) is 19.3. The fourth-order valence-corrected chi connectivity index (χ4v) is 9.33. The van der Waals surface area contributed by atoms with Crippen molar-refractivity contribution >= 4 is 17.1 Å². The van der Waals surface area contributed by atoms with E-state index in [1.165, 1.54) is 61.4 Å². The molecule has 0 bridgehead atoms. The number of rotatable bonds is 5. The third kappa shape index (κ3) is 4.86. The highest BCUT2D eigenvalue weighted by atomic mass is 15.2. The molecule has 2 heterocycles. The van der Waals surface area contributed by atoms with Crippen molar-refractivity contribution < 1.29 is 0 Å². The predicted molar refractivity (Wildman–Crippen MR) is 232 cm³/mol. The van der Waals surface area contributed by atoms with Crippen LogP contribution in [0.2, 0.25) is 0 Å². The molecule has 8 aromatic carbocycles. The minimum Gasteiger partial charge on any atom is -0.310 e. The number of fused-ring (bicyclic) bond motifs is 9. The van der Waals surface area contributed by atoms with E-state index in [4.69, 9.17) is 4.98 Å². The third-order valence-electron chi connectivity index (χ3n) is 11.7. The van der Waals surface area contributed by atoms with Gasteiger partial charge >= 0.3 is 0 Å². The Balaban J connectivity index is 1.18. The molecule has 0 saturated heterocycles. The average Bonchev–Trinajstić information content (AvgIpc) is 3.58. The van der Waals surface area contributed by atoms with Crippen LogP contribution < -0.4 is 4.90 Å². The van der Waals surface area contributed by atoms with Gasteiger partial charge in [0, 0.05) is 16.8 Å². The summed E-state index contributed by atoms with van der Waals surface area (Å²) in [6.45, 7) is 0. The molecule has 2 heteroatoms. The Morgan fingerprint density at radius 2 is 0.804 bits per heavy atom. The third-order valence-corrected chi connectivity index (χ3v) is 11.7. The molecule has 2 aliphatic rings. The van der Waals surface area contributed by atoms with Gasteiger partial charge in [0.25, 0.3) is 0 Å². The summed E-state index contributed by atoms with van der Waals surface area (Å²) in [6, 6.07) is 79.3. The van der Waals surface area contributed by atoms with Crippen LogP contribution in [0, 0.1) is 0 Å². The highest BCUT2D eigenvalue weighted by molar-refractivity contribution is 6.00. The summed E-state index contributed by atoms with van der Waals surface area (Å²) in [6.07, 6.45) is 0. The highest BCUT2D eigenvalue weighted by Gasteiger charge is 2.52. The van der Waals surface area contributed by atoms with Gasteiger partial charge in [0.05, 0.1) is 28.2 Å². The molecule has 1 aliphatic carbocycles. The van der Waals surface area contributed by atoms with Crippen molar-refractivity contribution in [3.8, 4) is 55.9 Å². The molecule has 56 heavy (non-hydrogen) atoms. The van der Waals surface area contributed by atoms with Crippen molar-refractivity contribution in [2.45, 2.75) is 5.41 Å². The molecule has 0 fully saturated rings. The number of aromatic nitrogens is 1. The van der Waals surface area contributed by atoms with E-state index in [1.807, 2.05) is 0 Å². The fraction of sp³-hybridized carbons (Fsp3) is 0.0185. The maximum atomic E-state index is 5.35. The Morgan fingerprint density at radius 3 is 1.50 bits per heavy atom. The first kappa shape index (κ1) is 32.2. The predicted octanol–water partition coefficient (Wildman–Crippen LogP) is 13.9. The van der Waals surface area contributed by atoms with Crippen LogP contribution in [0.4, 0.5) is 17.1 Å². The van der Waals surface area contributed by atoms with Crippen molar-refractivity contribution in [3.63, 3.8) is 0 Å². The Hall–Kier alpha value is -7.29. The van der Waals surface area contributed by atoms with Gasteiger partial charge in [-0.1, -0.05) is 176 Å². The molecule has 1 aromatic heterocycles. The second-order valence-electron chi connectivity index (χ2n) is 14.7. The van der Waals surface area contributed by atoms with Gasteiger partial charge in [-0.15, -0.1) is 0 Å². The summed E-state index contributed by atoms with van der Waals surface area (Å²) in [5.74, 6) is 0. The fourth-order valence-electron chi connectivity index (χ4n) is 9.33. The van der Waals surface area contributed by atoms with E-state index in [2.05, 4.69) is 223 Å². The minimum absolute atomic E-state index is 0.525. The average molecular weight is 713 g/mol. The van der Waals surface area contributed by atoms with Crippen LogP contribution in [0.3, 0.4) is 0 Å². The topological polar surface area (TPSA) is 16.1 Å². The molecule has 0 amide bonds. The summed E-state index contributed by atoms with van der Waals surface area (Å²) in [7, 11) is 0. The van der Waals surface area contributed by atoms with Gasteiger partial charge in [0.15, 0.2) is 0 Å². The van der Waals surface area contributed by atoms with Gasteiger partial charge in [-0.3, -0.25) is 0 Å². The van der Waals surface area contributed by atoms with E-state index in [0.29, 0.717) is 0 Å². The van der Waals surface area contributed by atoms with Crippen LogP contribution in [-0.2, 0) is 5.41 Å². The molecule has 262 valence electrons. The van der Waals surface area contributed by atoms with Crippen LogP contribution >= 0.6 is 0 Å². The summed E-state index contributed by atoms with van der Waals surface area (Å²) < 4.78 is 0. The van der Waals surface area contributed by atoms with Gasteiger partial charge in [-0.05, 0) is 98.1 Å². The van der Waals surface area contributed by atoms with Crippen LogP contribution in [0.5, 0.6) is 0 Å². The maximum absolute atomic E-state index is 5.35. The molecular formula is C54H36N2. The van der Waals surface area contributed by atoms with Crippen molar-refractivity contribution in [1.29, 1.82) is 0 Å². The zero-order valence-corrected chi connectivity index (χ0v) is 30.7. The molecule has 1 spiro atoms. The van der Waals surface area contributed by atoms with E-state index in [0.717, 1.165) is 33.8 Å². The van der Waals surface area contributed by atoms with Crippen LogP contribution in [0.25, 0.3) is 55.9 Å². The SMILES string of the molecule is c1ccc(-c2cccc(-c3cc(-c4cccc5c4-c4ccccc4C54c5ccccc5N(c5ccccc5)c5ccccc54)cc(-c4ccccc4)n3)c2)cc1. The Kier molecular flexibility index (Phi) is 7.43. The standard InChI is InChI=1S/C54H36N2/c1-4-18-37(19-5-1)39-22-16-23-40(34-39)50-36-41(35-49(55-50)38-20-6-2-7-21-38)43-27-17-31-48-53(43)44-26-10-11-28-45(44)54(48)46-29-12-14-32-51(46)56(42-24-8-3-9-25-42)52-33-15-13-30-47(52)54/h1-36H. The van der Waals surface area contributed by atoms with Crippen LogP contribution in [0.15, 0.2) is 218 Å². The number of hydrogen-bond acceptors (Lipinski definition) is 2. The van der Waals surface area contributed by atoms with Gasteiger partial charge in [0.1, 0.15) is 0 Å². The van der Waals surface area contributed by atoms with E-state index >= 15 is 0 Å². The molecule has 2 nitrogen and oxygen atoms in total. The van der Waals surface area contributed by atoms with Crippen LogP contribution in [0.1, 0.15) is 22.3 Å². The van der Waals surface area contributed by atoms with E-state index in [-0.39, 0.29) is 0 Å². The quantitative estimate of drug-likeness (QED) is 0.177. The van der Waals surface area contributed by atoms with Crippen molar-refractivity contribution in [3.05, 3.63) is 241 Å². The minimum atomic E-state index is -0.525. The molecule has 11 rings (SSSR count). The van der Waals surface area contributed by atoms with Crippen LogP contribution in [-0.4, -0.2) is 4.98 Å². The van der Waals surface area contributed by atoms with E-state index in [9.17, 15) is 0 Å². The van der Waals surface area contributed by atoms with Gasteiger partial charge in [0.2, 0.25) is 0 Å². The first-order valence-electron chi connectivity index (χ1n) is 19.3. The van der Waals surface area contributed by atoms with Crippen molar-refractivity contribution in [1.82, 2.24) is 4.98 Å². The zero-order chi connectivity index (χ0) is 37.1. The van der Waals surface area contributed by atoms with Gasteiger partial charge in [-0.25, -0.2) is 4.98 Å². The van der Waals surface area contributed by atoms with Crippen molar-refractivity contribution in [2.75, 3.05) is 4.90 Å². The maximum Gasteiger partial charge on any atom is 0.0754 e. The Morgan fingerprint density at radius 1 is 0.321 bits per heavy atom. The molecule has 1 aliphatic heterocycles. The Bertz CT molecular complexity index is 2870. The molecule has 9 aromatic rings. The number of nitrogens with zero attached hydrogens (tertiary/aromatic N) is 2. The number of anilines is 3. The second kappa shape index (κ2) is 12.9. The van der Waals surface area contributed by atoms with Crippen molar-refractivity contribution in [2.24, 2.45) is 0 Å². The van der Waals surface area contributed by atoms with Gasteiger partial charge in [-0.2, -0.15) is 0 Å². The number of pyridine rings is 1. The Labute approximate surface area is 327 Å². The molecule has 0 atom stereocenters. The monoisotopic (exact) mass is 712 g/mol. The molecule has 0 saturated carbocycles. The lowest BCUT2D eigenvalue weighted by molar-refractivity contribution is 0.753. The van der Waals surface area contributed by atoms with Gasteiger partial charge < -0.3 is 4.90 Å². The summed E-state index contributed by atoms with van der Waals surface area (Å²) >= 11 is 0. The number of hydrogen-bond donors (Lipinski definition) is 0. The lowest BCUT2D eigenvalue weighted by atomic mass is 9.64. The second-order valence-corrected chi connectivity index (χ2v) is 14.7.